The van der Waals surface area contributed by atoms with Gasteiger partial charge < -0.3 is 24.4 Å². The second-order valence-corrected chi connectivity index (χ2v) is 12.1. The first-order chi connectivity index (χ1) is 24.1. The van der Waals surface area contributed by atoms with Crippen molar-refractivity contribution < 1.29 is 54.9 Å². The van der Waals surface area contributed by atoms with Crippen LogP contribution in [0.1, 0.15) is 61.0 Å². The molecule has 1 aromatic carbocycles. The number of methoxy groups -OCH3 is 1. The standard InChI is InChI=1S/C33H35F7N6O5/c1-3-23-15-26(28-25(4-5-27(43-28)50-2)46(23)31(49)51-11-8-34)45(18-19-12-21(32(35,36)37)14-22(13-19)33(38,39)40)30-41-16-24(17-42-30)44-9-6-20(7-10-44)29(47)48/h4-5,12-14,16-17,20,23,26H,3,6-11,15,18H2,1-2H3,(H,47,48)/t23-,26?/m1/s1. The van der Waals surface area contributed by atoms with Crippen LogP contribution in [0.4, 0.5) is 52.9 Å². The fourth-order valence-electron chi connectivity index (χ4n) is 6.39. The third-order valence-corrected chi connectivity index (χ3v) is 8.96. The van der Waals surface area contributed by atoms with Crippen molar-refractivity contribution in [3.63, 3.8) is 0 Å². The molecule has 4 heterocycles. The zero-order chi connectivity index (χ0) is 37.1. The highest BCUT2D eigenvalue weighted by molar-refractivity contribution is 5.90. The van der Waals surface area contributed by atoms with E-state index in [1.54, 1.807) is 6.92 Å². The average Bonchev–Trinajstić information content (AvgIpc) is 3.11. The number of benzene rings is 1. The Morgan fingerprint density at radius 2 is 1.63 bits per heavy atom. The predicted octanol–water partition coefficient (Wildman–Crippen LogP) is 7.06. The number of rotatable bonds is 10. The lowest BCUT2D eigenvalue weighted by Gasteiger charge is -2.43. The van der Waals surface area contributed by atoms with Crippen LogP contribution in [0.15, 0.2) is 42.7 Å². The van der Waals surface area contributed by atoms with Crippen LogP contribution in [0.2, 0.25) is 0 Å². The van der Waals surface area contributed by atoms with Crippen molar-refractivity contribution in [1.82, 2.24) is 15.0 Å². The summed E-state index contributed by atoms with van der Waals surface area (Å²) in [7, 11) is 1.34. The molecule has 0 saturated carbocycles. The Balaban J connectivity index is 1.62. The Bertz CT molecular complexity index is 1670. The maximum Gasteiger partial charge on any atom is 0.416 e. The molecule has 0 spiro atoms. The number of hydrogen-bond donors (Lipinski definition) is 1. The highest BCUT2D eigenvalue weighted by Gasteiger charge is 2.42. The quantitative estimate of drug-likeness (QED) is 0.217. The number of piperidine rings is 1. The number of alkyl halides is 7. The van der Waals surface area contributed by atoms with Gasteiger partial charge in [0.1, 0.15) is 13.3 Å². The molecule has 0 radical (unpaired) electrons. The molecule has 1 amide bonds. The summed E-state index contributed by atoms with van der Waals surface area (Å²) in [6, 6.07) is 2.73. The first-order valence-corrected chi connectivity index (χ1v) is 16.1. The monoisotopic (exact) mass is 728 g/mol. The number of carboxylic acids is 1. The molecule has 5 rings (SSSR count). The molecule has 1 fully saturated rings. The molecule has 11 nitrogen and oxygen atoms in total. The van der Waals surface area contributed by atoms with E-state index in [4.69, 9.17) is 9.47 Å². The molecule has 2 aliphatic heterocycles. The van der Waals surface area contributed by atoms with Crippen LogP contribution in [-0.4, -0.2) is 71.6 Å². The van der Waals surface area contributed by atoms with Crippen LogP contribution in [0, 0.1) is 5.92 Å². The number of fused-ring (bicyclic) bond motifs is 1. The number of aliphatic carboxylic acids is 1. The van der Waals surface area contributed by atoms with Crippen molar-refractivity contribution in [2.24, 2.45) is 5.92 Å². The summed E-state index contributed by atoms with van der Waals surface area (Å²) in [6.45, 7) is 0.598. The summed E-state index contributed by atoms with van der Waals surface area (Å²) >= 11 is 0. The minimum absolute atomic E-state index is 0.0447. The lowest BCUT2D eigenvalue weighted by atomic mass is 9.92. The number of amides is 1. The van der Waals surface area contributed by atoms with E-state index < -0.39 is 73.4 Å². The van der Waals surface area contributed by atoms with Crippen LogP contribution >= 0.6 is 0 Å². The Morgan fingerprint density at radius 1 is 1.00 bits per heavy atom. The van der Waals surface area contributed by atoms with Gasteiger partial charge in [-0.3, -0.25) is 9.69 Å². The number of aromatic nitrogens is 3. The van der Waals surface area contributed by atoms with Gasteiger partial charge in [-0.25, -0.2) is 24.1 Å². The third-order valence-electron chi connectivity index (χ3n) is 8.96. The van der Waals surface area contributed by atoms with E-state index in [9.17, 15) is 45.4 Å². The van der Waals surface area contributed by atoms with Crippen LogP contribution in [-0.2, 0) is 28.4 Å². The summed E-state index contributed by atoms with van der Waals surface area (Å²) in [6.07, 6.45) is -7.00. The molecule has 2 aromatic heterocycles. The zero-order valence-electron chi connectivity index (χ0n) is 27.5. The number of carbonyl (C=O) groups is 2. The SMILES string of the molecule is CC[C@@H]1CC(N(Cc2cc(C(F)(F)F)cc(C(F)(F)F)c2)c2ncc(N3CCC(C(=O)O)CC3)cn2)c2nc(OC)ccc2N1C(=O)OCCF. The van der Waals surface area contributed by atoms with E-state index in [-0.39, 0.29) is 41.3 Å². The highest BCUT2D eigenvalue weighted by atomic mass is 19.4. The lowest BCUT2D eigenvalue weighted by Crippen LogP contribution is -2.48. The van der Waals surface area contributed by atoms with Crippen molar-refractivity contribution in [3.8, 4) is 5.88 Å². The van der Waals surface area contributed by atoms with Gasteiger partial charge in [-0.1, -0.05) is 6.92 Å². The number of nitrogens with zero attached hydrogens (tertiary/aromatic N) is 6. The molecular weight excluding hydrogens is 693 g/mol. The molecule has 0 aliphatic carbocycles. The van der Waals surface area contributed by atoms with Crippen molar-refractivity contribution in [1.29, 1.82) is 0 Å². The molecule has 1 unspecified atom stereocenters. The van der Waals surface area contributed by atoms with Gasteiger partial charge in [0.2, 0.25) is 11.8 Å². The molecule has 1 saturated heterocycles. The molecule has 3 aromatic rings. The van der Waals surface area contributed by atoms with Gasteiger partial charge in [0, 0.05) is 31.7 Å². The maximum atomic E-state index is 13.9. The lowest BCUT2D eigenvalue weighted by molar-refractivity contribution is -0.144. The molecule has 18 heteroatoms. The largest absolute Gasteiger partial charge is 0.481 e. The van der Waals surface area contributed by atoms with Crippen molar-refractivity contribution in [2.45, 2.75) is 63.6 Å². The van der Waals surface area contributed by atoms with Gasteiger partial charge >= 0.3 is 24.4 Å². The molecule has 0 bridgehead atoms. The summed E-state index contributed by atoms with van der Waals surface area (Å²) < 4.78 is 107. The van der Waals surface area contributed by atoms with Gasteiger partial charge in [0.15, 0.2) is 0 Å². The number of ether oxygens (including phenoxy) is 2. The molecule has 2 aliphatic rings. The predicted molar refractivity (Wildman–Crippen MR) is 169 cm³/mol. The minimum Gasteiger partial charge on any atom is -0.481 e. The highest BCUT2D eigenvalue weighted by Crippen LogP contribution is 2.44. The Morgan fingerprint density at radius 3 is 2.16 bits per heavy atom. The van der Waals surface area contributed by atoms with Gasteiger partial charge in [-0.15, -0.1) is 0 Å². The summed E-state index contributed by atoms with van der Waals surface area (Å²) in [5, 5.41) is 9.35. The summed E-state index contributed by atoms with van der Waals surface area (Å²) in [5.74, 6) is -1.35. The van der Waals surface area contributed by atoms with E-state index in [0.29, 0.717) is 50.2 Å². The second kappa shape index (κ2) is 15.1. The smallest absolute Gasteiger partial charge is 0.416 e. The molecular formula is C33H35F7N6O5. The molecule has 2 atom stereocenters. The topological polar surface area (TPSA) is 121 Å². The van der Waals surface area contributed by atoms with Crippen LogP contribution in [0.25, 0.3) is 0 Å². The number of anilines is 3. The number of carboxylic acid groups (broad SMARTS) is 1. The van der Waals surface area contributed by atoms with E-state index in [1.165, 1.54) is 41.4 Å². The molecule has 1 N–H and O–H groups in total. The number of pyridine rings is 1. The van der Waals surface area contributed by atoms with Crippen molar-refractivity contribution in [2.75, 3.05) is 48.2 Å². The molecule has 51 heavy (non-hydrogen) atoms. The normalized spacial score (nSPS) is 18.3. The summed E-state index contributed by atoms with van der Waals surface area (Å²) in [4.78, 5) is 42.7. The first kappa shape index (κ1) is 37.4. The Kier molecular flexibility index (Phi) is 11.1. The van der Waals surface area contributed by atoms with Gasteiger partial charge in [-0.05, 0) is 55.5 Å². The fraction of sp³-hybridized carbons (Fsp3) is 0.485. The Hall–Kier alpha value is -4.90. The first-order valence-electron chi connectivity index (χ1n) is 16.1. The van der Waals surface area contributed by atoms with Crippen molar-refractivity contribution in [3.05, 3.63) is 65.1 Å². The van der Waals surface area contributed by atoms with E-state index >= 15 is 0 Å². The second-order valence-electron chi connectivity index (χ2n) is 12.1. The van der Waals surface area contributed by atoms with Gasteiger partial charge in [0.25, 0.3) is 0 Å². The third kappa shape index (κ3) is 8.36. The van der Waals surface area contributed by atoms with Gasteiger partial charge in [0.05, 0.1) is 59.7 Å². The maximum absolute atomic E-state index is 13.9. The van der Waals surface area contributed by atoms with Crippen LogP contribution in [0.5, 0.6) is 5.88 Å². The van der Waals surface area contributed by atoms with E-state index in [1.807, 2.05) is 4.90 Å². The fourth-order valence-corrected chi connectivity index (χ4v) is 6.39. The molecule has 276 valence electrons. The zero-order valence-corrected chi connectivity index (χ0v) is 27.5. The van der Waals surface area contributed by atoms with E-state index in [2.05, 4.69) is 15.0 Å². The number of halogens is 7. The Labute approximate surface area is 288 Å². The number of carbonyl (C=O) groups excluding carboxylic acids is 1. The summed E-state index contributed by atoms with van der Waals surface area (Å²) in [5.41, 5.74) is -2.41. The van der Waals surface area contributed by atoms with E-state index in [0.717, 1.165) is 0 Å². The minimum atomic E-state index is -5.09. The van der Waals surface area contributed by atoms with Crippen LogP contribution < -0.4 is 19.4 Å². The number of hydrogen-bond acceptors (Lipinski definition) is 9. The van der Waals surface area contributed by atoms with Crippen LogP contribution in [0.3, 0.4) is 0 Å². The van der Waals surface area contributed by atoms with Crippen molar-refractivity contribution >= 4 is 29.4 Å². The van der Waals surface area contributed by atoms with Gasteiger partial charge in [-0.2, -0.15) is 26.3 Å². The average molecular weight is 729 g/mol.